The summed E-state index contributed by atoms with van der Waals surface area (Å²) in [5.74, 6) is -0.821. The Labute approximate surface area is 68.6 Å². The number of esters is 1. The molecular weight excluding hydrogens is 166 g/mol. The van der Waals surface area contributed by atoms with Gasteiger partial charge in [-0.15, -0.1) is 0 Å². The second-order valence-electron chi connectivity index (χ2n) is 2.70. The summed E-state index contributed by atoms with van der Waals surface area (Å²) in [6, 6.07) is -1.29. The molecule has 1 aliphatic rings. The normalized spacial score (nSPS) is 43.5. The molecule has 0 radical (unpaired) electrons. The summed E-state index contributed by atoms with van der Waals surface area (Å²) in [5, 5.41) is 27.3. The van der Waals surface area contributed by atoms with Crippen molar-refractivity contribution < 1.29 is 24.9 Å². The number of aliphatic hydroxyl groups is 3. The first-order chi connectivity index (χ1) is 5.54. The van der Waals surface area contributed by atoms with Crippen LogP contribution in [0, 0.1) is 0 Å². The summed E-state index contributed by atoms with van der Waals surface area (Å²) in [6.45, 7) is -0.342. The maximum Gasteiger partial charge on any atom is 0.325 e. The van der Waals surface area contributed by atoms with E-state index < -0.39 is 30.3 Å². The number of hydrogen-bond acceptors (Lipinski definition) is 6. The summed E-state index contributed by atoms with van der Waals surface area (Å²) >= 11 is 0. The van der Waals surface area contributed by atoms with Crippen LogP contribution in [-0.4, -0.2) is 52.2 Å². The van der Waals surface area contributed by atoms with Crippen LogP contribution >= 0.6 is 0 Å². The largest absolute Gasteiger partial charge is 0.462 e. The van der Waals surface area contributed by atoms with Crippen LogP contribution in [0.3, 0.4) is 0 Å². The highest BCUT2D eigenvalue weighted by molar-refractivity contribution is 5.76. The molecule has 0 amide bonds. The Hall–Kier alpha value is -0.690. The highest BCUT2D eigenvalue weighted by Crippen LogP contribution is 2.10. The molecule has 0 saturated carbocycles. The van der Waals surface area contributed by atoms with E-state index in [9.17, 15) is 4.79 Å². The van der Waals surface area contributed by atoms with E-state index in [1.807, 2.05) is 0 Å². The van der Waals surface area contributed by atoms with Crippen molar-refractivity contribution in [3.05, 3.63) is 0 Å². The molecule has 12 heavy (non-hydrogen) atoms. The molecule has 0 aromatic carbocycles. The lowest BCUT2D eigenvalue weighted by Gasteiger charge is -2.19. The van der Waals surface area contributed by atoms with Gasteiger partial charge >= 0.3 is 5.97 Å². The minimum absolute atomic E-state index is 0.342. The molecule has 70 valence electrons. The minimum atomic E-state index is -1.48. The van der Waals surface area contributed by atoms with Crippen molar-refractivity contribution in [1.29, 1.82) is 0 Å². The van der Waals surface area contributed by atoms with Gasteiger partial charge in [0.15, 0.2) is 0 Å². The molecule has 0 bridgehead atoms. The van der Waals surface area contributed by atoms with Gasteiger partial charge in [0.1, 0.15) is 31.0 Å². The quantitative estimate of drug-likeness (QED) is 0.292. The minimum Gasteiger partial charge on any atom is -0.462 e. The van der Waals surface area contributed by atoms with Crippen LogP contribution in [0.2, 0.25) is 0 Å². The average Bonchev–Trinajstić information content (AvgIpc) is 2.14. The fourth-order valence-electron chi connectivity index (χ4n) is 0.942. The second kappa shape index (κ2) is 3.36. The molecule has 0 aromatic rings. The molecule has 0 aliphatic carbocycles. The number of cyclic esters (lactones) is 1. The molecule has 5 N–H and O–H groups in total. The zero-order chi connectivity index (χ0) is 9.30. The van der Waals surface area contributed by atoms with Gasteiger partial charge in [0, 0.05) is 0 Å². The summed E-state index contributed by atoms with van der Waals surface area (Å²) in [4.78, 5) is 10.8. The van der Waals surface area contributed by atoms with Crippen LogP contribution in [0.1, 0.15) is 0 Å². The van der Waals surface area contributed by atoms with Crippen molar-refractivity contribution in [1.82, 2.24) is 0 Å². The van der Waals surface area contributed by atoms with E-state index in [2.05, 4.69) is 4.74 Å². The number of nitrogens with two attached hydrogens (primary N) is 1. The summed E-state index contributed by atoms with van der Waals surface area (Å²) in [5.41, 5.74) is 5.18. The van der Waals surface area contributed by atoms with Gasteiger partial charge in [-0.25, -0.2) is 0 Å². The van der Waals surface area contributed by atoms with Crippen molar-refractivity contribution in [3.63, 3.8) is 0 Å². The Morgan fingerprint density at radius 3 is 2.50 bits per heavy atom. The van der Waals surface area contributed by atoms with Crippen molar-refractivity contribution in [3.8, 4) is 0 Å². The first-order valence-corrected chi connectivity index (χ1v) is 3.50. The topological polar surface area (TPSA) is 113 Å². The Balaban J connectivity index is 2.75. The lowest BCUT2D eigenvalue weighted by molar-refractivity contribution is -0.147. The van der Waals surface area contributed by atoms with Crippen molar-refractivity contribution in [2.75, 3.05) is 6.61 Å². The Morgan fingerprint density at radius 2 is 1.92 bits per heavy atom. The van der Waals surface area contributed by atoms with Crippen LogP contribution in [-0.2, 0) is 9.53 Å². The molecule has 1 aliphatic heterocycles. The maximum atomic E-state index is 10.8. The Morgan fingerprint density at radius 1 is 1.33 bits per heavy atom. The number of rotatable bonds is 0. The van der Waals surface area contributed by atoms with E-state index in [1.165, 1.54) is 0 Å². The van der Waals surface area contributed by atoms with Crippen LogP contribution in [0.4, 0.5) is 0 Å². The Kier molecular flexibility index (Phi) is 2.63. The van der Waals surface area contributed by atoms with E-state index >= 15 is 0 Å². The number of ether oxygens (including phenoxy) is 1. The summed E-state index contributed by atoms with van der Waals surface area (Å²) in [6.07, 6.45) is -4.20. The van der Waals surface area contributed by atoms with Crippen LogP contribution < -0.4 is 5.73 Å². The number of aliphatic hydroxyl groups excluding tert-OH is 3. The molecule has 1 saturated heterocycles. The third kappa shape index (κ3) is 1.56. The Bertz CT molecular complexity index is 185. The molecular formula is C6H11NO5. The smallest absolute Gasteiger partial charge is 0.325 e. The van der Waals surface area contributed by atoms with E-state index in [0.29, 0.717) is 0 Å². The maximum absolute atomic E-state index is 10.8. The van der Waals surface area contributed by atoms with Gasteiger partial charge < -0.3 is 25.8 Å². The summed E-state index contributed by atoms with van der Waals surface area (Å²) in [7, 11) is 0. The molecule has 4 atom stereocenters. The van der Waals surface area contributed by atoms with Crippen LogP contribution in [0.25, 0.3) is 0 Å². The van der Waals surface area contributed by atoms with Gasteiger partial charge in [-0.05, 0) is 0 Å². The monoisotopic (exact) mass is 177 g/mol. The van der Waals surface area contributed by atoms with Gasteiger partial charge in [0.25, 0.3) is 0 Å². The van der Waals surface area contributed by atoms with Gasteiger partial charge in [-0.1, -0.05) is 0 Å². The molecule has 6 heteroatoms. The standard InChI is InChI=1S/C6H11NO5/c7-3-5(10)4(9)2(8)1-12-6(3)11/h2-5,8-10H,1,7H2/t2-,3-,4+,5-/m1/s1. The van der Waals surface area contributed by atoms with Gasteiger partial charge in [-0.2, -0.15) is 0 Å². The predicted octanol–water partition coefficient (Wildman–Crippen LogP) is -3.05. The lowest BCUT2D eigenvalue weighted by atomic mass is 10.0. The van der Waals surface area contributed by atoms with E-state index in [4.69, 9.17) is 21.1 Å². The SMILES string of the molecule is N[C@H]1C(=O)OC[C@@H](O)[C@H](O)[C@@H]1O. The highest BCUT2D eigenvalue weighted by Gasteiger charge is 2.38. The second-order valence-corrected chi connectivity index (χ2v) is 2.70. The van der Waals surface area contributed by atoms with E-state index in [0.717, 1.165) is 0 Å². The fraction of sp³-hybridized carbons (Fsp3) is 0.833. The van der Waals surface area contributed by atoms with Gasteiger partial charge in [-0.3, -0.25) is 4.79 Å². The van der Waals surface area contributed by atoms with Crippen molar-refractivity contribution >= 4 is 5.97 Å². The number of carbonyl (C=O) groups is 1. The lowest BCUT2D eigenvalue weighted by Crippen LogP contribution is -2.49. The van der Waals surface area contributed by atoms with Gasteiger partial charge in [0.05, 0.1) is 0 Å². The molecule has 0 unspecified atom stereocenters. The third-order valence-corrected chi connectivity index (χ3v) is 1.78. The molecule has 6 nitrogen and oxygen atoms in total. The molecule has 1 rings (SSSR count). The van der Waals surface area contributed by atoms with E-state index in [-0.39, 0.29) is 6.61 Å². The fourth-order valence-corrected chi connectivity index (χ4v) is 0.942. The summed E-state index contributed by atoms with van der Waals surface area (Å²) < 4.78 is 4.43. The van der Waals surface area contributed by atoms with Gasteiger partial charge in [0.2, 0.25) is 0 Å². The highest BCUT2D eigenvalue weighted by atomic mass is 16.5. The third-order valence-electron chi connectivity index (χ3n) is 1.78. The first-order valence-electron chi connectivity index (χ1n) is 3.50. The molecule has 1 heterocycles. The predicted molar refractivity (Wildman–Crippen MR) is 37.0 cm³/mol. The van der Waals surface area contributed by atoms with Crippen molar-refractivity contribution in [2.45, 2.75) is 24.4 Å². The number of hydrogen-bond donors (Lipinski definition) is 4. The van der Waals surface area contributed by atoms with Crippen LogP contribution in [0.5, 0.6) is 0 Å². The zero-order valence-electron chi connectivity index (χ0n) is 6.25. The first kappa shape index (κ1) is 9.40. The number of carbonyl (C=O) groups excluding carboxylic acids is 1. The molecule has 0 aromatic heterocycles. The van der Waals surface area contributed by atoms with Crippen molar-refractivity contribution in [2.24, 2.45) is 5.73 Å². The zero-order valence-corrected chi connectivity index (χ0v) is 6.25. The molecule has 0 spiro atoms. The van der Waals surface area contributed by atoms with Crippen LogP contribution in [0.15, 0.2) is 0 Å². The molecule has 1 fully saturated rings. The average molecular weight is 177 g/mol. The van der Waals surface area contributed by atoms with E-state index in [1.54, 1.807) is 0 Å².